The smallest absolute Gasteiger partial charge is 0.278 e. The second-order valence-corrected chi connectivity index (χ2v) is 9.73. The highest BCUT2D eigenvalue weighted by Crippen LogP contribution is 2.41. The summed E-state index contributed by atoms with van der Waals surface area (Å²) in [5, 5.41) is 21.1. The van der Waals surface area contributed by atoms with Crippen LogP contribution < -0.4 is 20.7 Å². The second kappa shape index (κ2) is 9.58. The number of nitrogens with two attached hydrogens (primary N) is 1. The van der Waals surface area contributed by atoms with E-state index in [1.807, 2.05) is 28.9 Å². The highest BCUT2D eigenvalue weighted by molar-refractivity contribution is 8.00. The molecule has 0 aromatic carbocycles. The predicted molar refractivity (Wildman–Crippen MR) is 127 cm³/mol. The van der Waals surface area contributed by atoms with Gasteiger partial charge in [0.05, 0.1) is 23.4 Å². The molecule has 186 valence electrons. The molecule has 36 heavy (non-hydrogen) atoms. The number of nitrogens with one attached hydrogen (secondary N) is 2. The lowest BCUT2D eigenvalue weighted by Crippen LogP contribution is -2.71. The van der Waals surface area contributed by atoms with Gasteiger partial charge in [0.15, 0.2) is 11.3 Å². The number of carboxylic acids is 1. The van der Waals surface area contributed by atoms with Gasteiger partial charge in [0.1, 0.15) is 18.0 Å². The summed E-state index contributed by atoms with van der Waals surface area (Å²) >= 11 is 2.24. The van der Waals surface area contributed by atoms with Crippen LogP contribution in [0.1, 0.15) is 18.3 Å². The van der Waals surface area contributed by atoms with Crippen LogP contribution in [0.5, 0.6) is 0 Å². The number of anilines is 1. The lowest BCUT2D eigenvalue weighted by Gasteiger charge is -2.50. The van der Waals surface area contributed by atoms with Crippen LogP contribution in [-0.2, 0) is 25.6 Å². The number of aromatic nitrogens is 4. The number of carboxylic acid groups (broad SMARTS) is 1. The first kappa shape index (κ1) is 23.7. The van der Waals surface area contributed by atoms with Crippen LogP contribution in [0.15, 0.2) is 47.0 Å². The predicted octanol–water partition coefficient (Wildman–Crippen LogP) is -1.43. The number of H-pyrrole nitrogens is 1. The maximum atomic E-state index is 13.0. The van der Waals surface area contributed by atoms with Crippen molar-refractivity contribution < 1.29 is 28.8 Å². The first-order valence-electron chi connectivity index (χ1n) is 10.8. The van der Waals surface area contributed by atoms with E-state index < -0.39 is 29.2 Å². The number of nitrogen functional groups attached to an aromatic ring is 1. The SMILES string of the molecule is CCO/N=C(\C(=O)N[C@@H]1C(=O)N2C(C(=O)[O-])=C(Cc3c[nH][n+]4ccccc34)CS[C@@H]12)c1nsc(N)n1. The number of oxime groups is 1. The summed E-state index contributed by atoms with van der Waals surface area (Å²) in [4.78, 5) is 48.2. The number of aromatic amines is 1. The molecule has 13 nitrogen and oxygen atoms in total. The van der Waals surface area contributed by atoms with E-state index >= 15 is 0 Å². The third-order valence-electron chi connectivity index (χ3n) is 5.65. The molecule has 5 heterocycles. The van der Waals surface area contributed by atoms with E-state index in [2.05, 4.69) is 24.9 Å². The summed E-state index contributed by atoms with van der Waals surface area (Å²) in [6.07, 6.45) is 3.97. The van der Waals surface area contributed by atoms with E-state index in [1.54, 1.807) is 13.1 Å². The number of amides is 2. The Morgan fingerprint density at radius 1 is 1.44 bits per heavy atom. The van der Waals surface area contributed by atoms with E-state index in [1.165, 1.54) is 16.7 Å². The number of carbonyl (C=O) groups excluding carboxylic acids is 3. The largest absolute Gasteiger partial charge is 0.543 e. The molecule has 0 bridgehead atoms. The minimum absolute atomic E-state index is 0.0300. The first-order valence-corrected chi connectivity index (χ1v) is 12.7. The number of β-lactam (4-membered cyclic amide) rings is 1. The van der Waals surface area contributed by atoms with Gasteiger partial charge < -0.3 is 25.8 Å². The van der Waals surface area contributed by atoms with Crippen LogP contribution in [0, 0.1) is 0 Å². The second-order valence-electron chi connectivity index (χ2n) is 7.85. The van der Waals surface area contributed by atoms with Crippen molar-refractivity contribution in [2.75, 3.05) is 18.1 Å². The molecule has 0 saturated carbocycles. The number of carbonyl (C=O) groups is 3. The van der Waals surface area contributed by atoms with E-state index in [0.717, 1.165) is 22.6 Å². The van der Waals surface area contributed by atoms with Gasteiger partial charge in [0.25, 0.3) is 11.8 Å². The van der Waals surface area contributed by atoms with E-state index in [4.69, 9.17) is 10.6 Å². The normalized spacial score (nSPS) is 19.8. The van der Waals surface area contributed by atoms with Gasteiger partial charge in [-0.3, -0.25) is 14.5 Å². The van der Waals surface area contributed by atoms with Crippen LogP contribution in [-0.4, -0.2) is 66.6 Å². The number of pyridine rings is 1. The van der Waals surface area contributed by atoms with E-state index in [0.29, 0.717) is 17.7 Å². The zero-order valence-electron chi connectivity index (χ0n) is 18.8. The maximum absolute atomic E-state index is 13.0. The number of rotatable bonds is 8. The molecule has 5 rings (SSSR count). The van der Waals surface area contributed by atoms with Gasteiger partial charge in [-0.2, -0.15) is 14.5 Å². The van der Waals surface area contributed by atoms with Gasteiger partial charge >= 0.3 is 0 Å². The fourth-order valence-corrected chi connectivity index (χ4v) is 5.85. The molecule has 0 aliphatic carbocycles. The van der Waals surface area contributed by atoms with E-state index in [-0.39, 0.29) is 29.0 Å². The lowest BCUT2D eigenvalue weighted by atomic mass is 9.99. The Balaban J connectivity index is 1.37. The number of fused-ring (bicyclic) bond motifs is 2. The quantitative estimate of drug-likeness (QED) is 0.137. The molecule has 4 N–H and O–H groups in total. The molecular weight excluding hydrogens is 508 g/mol. The highest BCUT2D eigenvalue weighted by atomic mass is 32.2. The third-order valence-corrected chi connectivity index (χ3v) is 7.53. The first-order chi connectivity index (χ1) is 17.4. The number of thioether (sulfide) groups is 1. The molecule has 1 saturated heterocycles. The van der Waals surface area contributed by atoms with Crippen molar-refractivity contribution in [1.29, 1.82) is 0 Å². The van der Waals surface area contributed by atoms with Gasteiger partial charge in [-0.1, -0.05) is 9.67 Å². The summed E-state index contributed by atoms with van der Waals surface area (Å²) in [6, 6.07) is 4.70. The van der Waals surface area contributed by atoms with Crippen LogP contribution in [0.2, 0.25) is 0 Å². The highest BCUT2D eigenvalue weighted by Gasteiger charge is 2.53. The fourth-order valence-electron chi connectivity index (χ4n) is 4.07. The van der Waals surface area contributed by atoms with Crippen LogP contribution >= 0.6 is 23.3 Å². The number of aliphatic carboxylic acids is 1. The zero-order valence-corrected chi connectivity index (χ0v) is 20.5. The summed E-state index contributed by atoms with van der Waals surface area (Å²) in [5.74, 6) is -2.43. The van der Waals surface area contributed by atoms with Crippen molar-refractivity contribution in [1.82, 2.24) is 24.7 Å². The molecule has 0 unspecified atom stereocenters. The Kier molecular flexibility index (Phi) is 6.32. The minimum atomic E-state index is -1.44. The van der Waals surface area contributed by atoms with Crippen molar-refractivity contribution in [3.63, 3.8) is 0 Å². The summed E-state index contributed by atoms with van der Waals surface area (Å²) in [7, 11) is 0. The van der Waals surface area contributed by atoms with Crippen molar-refractivity contribution in [3.8, 4) is 0 Å². The van der Waals surface area contributed by atoms with Crippen LogP contribution in [0.3, 0.4) is 0 Å². The van der Waals surface area contributed by atoms with Crippen LogP contribution in [0.4, 0.5) is 5.13 Å². The Bertz CT molecular complexity index is 1430. The molecule has 2 atom stereocenters. The molecule has 0 radical (unpaired) electrons. The average molecular weight is 529 g/mol. The number of hydrogen-bond donors (Lipinski definition) is 3. The number of hydrogen-bond acceptors (Lipinski definition) is 11. The summed E-state index contributed by atoms with van der Waals surface area (Å²) in [5.41, 5.74) is 7.55. The fraction of sp³-hybridized carbons (Fsp3) is 0.286. The van der Waals surface area contributed by atoms with Crippen molar-refractivity contribution in [3.05, 3.63) is 53.3 Å². The Labute approximate surface area is 212 Å². The Morgan fingerprint density at radius 3 is 3.00 bits per heavy atom. The van der Waals surface area contributed by atoms with Gasteiger partial charge in [-0.05, 0) is 18.6 Å². The molecular formula is C21H20N8O5S2. The van der Waals surface area contributed by atoms with Gasteiger partial charge in [-0.15, -0.1) is 11.8 Å². The molecule has 2 amide bonds. The molecule has 3 aromatic rings. The molecule has 0 spiro atoms. The van der Waals surface area contributed by atoms with Gasteiger partial charge in [0.2, 0.25) is 17.1 Å². The molecule has 2 aliphatic heterocycles. The Hall–Kier alpha value is -3.98. The van der Waals surface area contributed by atoms with Crippen molar-refractivity contribution >= 4 is 57.4 Å². The maximum Gasteiger partial charge on any atom is 0.278 e. The van der Waals surface area contributed by atoms with Gasteiger partial charge in [0, 0.05) is 35.8 Å². The average Bonchev–Trinajstić information content (AvgIpc) is 3.48. The van der Waals surface area contributed by atoms with E-state index in [9.17, 15) is 19.5 Å². The Morgan fingerprint density at radius 2 is 2.28 bits per heavy atom. The molecule has 2 aliphatic rings. The lowest BCUT2D eigenvalue weighted by molar-refractivity contribution is -0.576. The van der Waals surface area contributed by atoms with Crippen molar-refractivity contribution in [2.24, 2.45) is 5.16 Å². The van der Waals surface area contributed by atoms with Gasteiger partial charge in [-0.25, -0.2) is 0 Å². The van der Waals surface area contributed by atoms with Crippen LogP contribution in [0.25, 0.3) is 5.52 Å². The topological polar surface area (TPSA) is 183 Å². The summed E-state index contributed by atoms with van der Waals surface area (Å²) < 4.78 is 5.80. The number of nitrogens with zero attached hydrogens (tertiary/aromatic N) is 5. The molecule has 15 heteroatoms. The standard InChI is InChI=1S/C21H20N8O5S2/c1-2-34-26-13(16-25-21(22)36-27-16)17(30)24-14-18(31)29-15(20(32)33)11(9-35-19(14)29)7-10-8-23-28-6-4-3-5-12(10)28/h3-6,8,14,19H,2,7,9H2,1H3,(H4,22,24,25,27,30,32,33)/b26-13-/t14-,19+/m1/s1. The molecule has 3 aromatic heterocycles. The minimum Gasteiger partial charge on any atom is -0.543 e. The molecule has 1 fully saturated rings. The van der Waals surface area contributed by atoms with Crippen molar-refractivity contribution in [2.45, 2.75) is 24.8 Å². The third kappa shape index (κ3) is 4.15. The zero-order chi connectivity index (χ0) is 25.4. The summed E-state index contributed by atoms with van der Waals surface area (Å²) in [6.45, 7) is 1.89. The monoisotopic (exact) mass is 528 g/mol.